The minimum atomic E-state index is -0.574. The number of imide groups is 1. The van der Waals surface area contributed by atoms with Crippen molar-refractivity contribution in [1.82, 2.24) is 4.90 Å². The summed E-state index contributed by atoms with van der Waals surface area (Å²) in [6.45, 7) is 1.48. The van der Waals surface area contributed by atoms with Crippen LogP contribution >= 0.6 is 11.8 Å². The number of carbonyl (C=O) groups excluding carboxylic acids is 3. The van der Waals surface area contributed by atoms with Crippen molar-refractivity contribution in [3.05, 3.63) is 70.4 Å². The number of nitrogens with one attached hydrogen (secondary N) is 1. The van der Waals surface area contributed by atoms with Crippen LogP contribution in [0.3, 0.4) is 0 Å². The molecule has 7 heteroatoms. The molecule has 1 saturated heterocycles. The van der Waals surface area contributed by atoms with Gasteiger partial charge >= 0.3 is 0 Å². The lowest BCUT2D eigenvalue weighted by molar-refractivity contribution is -0.127. The second-order valence-electron chi connectivity index (χ2n) is 5.68. The molecule has 0 atom stereocenters. The molecule has 0 radical (unpaired) electrons. The number of amides is 3. The lowest BCUT2D eigenvalue weighted by Crippen LogP contribution is -2.36. The first-order valence-electron chi connectivity index (χ1n) is 7.80. The van der Waals surface area contributed by atoms with Crippen LogP contribution in [0.2, 0.25) is 0 Å². The predicted molar refractivity (Wildman–Crippen MR) is 98.9 cm³/mol. The highest BCUT2D eigenvalue weighted by Gasteiger charge is 2.36. The fourth-order valence-corrected chi connectivity index (χ4v) is 3.27. The second kappa shape index (κ2) is 7.53. The Kier molecular flexibility index (Phi) is 5.18. The Morgan fingerprint density at radius 3 is 2.69 bits per heavy atom. The zero-order chi connectivity index (χ0) is 18.7. The van der Waals surface area contributed by atoms with E-state index in [0.29, 0.717) is 0 Å². The Morgan fingerprint density at radius 1 is 1.19 bits per heavy atom. The smallest absolute Gasteiger partial charge is 0.294 e. The van der Waals surface area contributed by atoms with Crippen molar-refractivity contribution in [2.75, 3.05) is 11.9 Å². The van der Waals surface area contributed by atoms with Crippen molar-refractivity contribution in [3.63, 3.8) is 0 Å². The molecule has 3 amide bonds. The van der Waals surface area contributed by atoms with E-state index >= 15 is 0 Å². The number of hydrogen-bond acceptors (Lipinski definition) is 4. The Hall–Kier alpha value is -2.93. The SMILES string of the molecule is Cc1ccccc1/C=C1/SC(=O)N(CC(=O)Nc2cccc(F)c2)C1=O. The number of hydrogen-bond donors (Lipinski definition) is 1. The van der Waals surface area contributed by atoms with E-state index in [1.54, 1.807) is 6.08 Å². The first kappa shape index (κ1) is 17.9. The molecule has 26 heavy (non-hydrogen) atoms. The van der Waals surface area contributed by atoms with Gasteiger partial charge < -0.3 is 5.32 Å². The summed E-state index contributed by atoms with van der Waals surface area (Å²) in [6.07, 6.45) is 1.64. The van der Waals surface area contributed by atoms with Crippen molar-refractivity contribution in [3.8, 4) is 0 Å². The maximum absolute atomic E-state index is 13.2. The standard InChI is InChI=1S/C19H15FN2O3S/c1-12-5-2-3-6-13(12)9-16-18(24)22(19(25)26-16)11-17(23)21-15-8-4-7-14(20)10-15/h2-10H,11H2,1H3,(H,21,23)/b16-9+. The number of benzene rings is 2. The summed E-state index contributed by atoms with van der Waals surface area (Å²) in [7, 11) is 0. The van der Waals surface area contributed by atoms with Gasteiger partial charge in [-0.1, -0.05) is 30.3 Å². The molecule has 1 N–H and O–H groups in total. The quantitative estimate of drug-likeness (QED) is 0.831. The summed E-state index contributed by atoms with van der Waals surface area (Å²) in [5.41, 5.74) is 2.07. The predicted octanol–water partition coefficient (Wildman–Crippen LogP) is 3.81. The van der Waals surface area contributed by atoms with E-state index < -0.39 is 29.4 Å². The summed E-state index contributed by atoms with van der Waals surface area (Å²) in [6, 6.07) is 12.9. The van der Waals surface area contributed by atoms with Crippen molar-refractivity contribution in [2.45, 2.75) is 6.92 Å². The van der Waals surface area contributed by atoms with E-state index in [1.165, 1.54) is 18.2 Å². The van der Waals surface area contributed by atoms with Gasteiger partial charge in [0.1, 0.15) is 12.4 Å². The molecular formula is C19H15FN2O3S. The Balaban J connectivity index is 1.71. The molecule has 2 aromatic rings. The lowest BCUT2D eigenvalue weighted by Gasteiger charge is -2.12. The van der Waals surface area contributed by atoms with Gasteiger partial charge in [0, 0.05) is 5.69 Å². The molecule has 3 rings (SSSR count). The molecule has 0 aromatic heterocycles. The van der Waals surface area contributed by atoms with E-state index in [4.69, 9.17) is 0 Å². The zero-order valence-electron chi connectivity index (χ0n) is 13.9. The topological polar surface area (TPSA) is 66.5 Å². The summed E-state index contributed by atoms with van der Waals surface area (Å²) in [4.78, 5) is 37.8. The molecule has 1 aliphatic heterocycles. The van der Waals surface area contributed by atoms with Crippen LogP contribution in [0.25, 0.3) is 6.08 Å². The molecule has 2 aromatic carbocycles. The van der Waals surface area contributed by atoms with Crippen LogP contribution in [-0.4, -0.2) is 28.5 Å². The first-order valence-corrected chi connectivity index (χ1v) is 8.62. The van der Waals surface area contributed by atoms with Gasteiger partial charge in [0.05, 0.1) is 4.91 Å². The average molecular weight is 370 g/mol. The Labute approximate surface area is 153 Å². The van der Waals surface area contributed by atoms with Crippen LogP contribution in [0.4, 0.5) is 14.9 Å². The molecule has 0 aliphatic carbocycles. The van der Waals surface area contributed by atoms with Gasteiger partial charge in [-0.25, -0.2) is 4.39 Å². The van der Waals surface area contributed by atoms with Gasteiger partial charge in [-0.05, 0) is 54.1 Å². The molecule has 0 unspecified atom stereocenters. The van der Waals surface area contributed by atoms with Gasteiger partial charge in [0.15, 0.2) is 0 Å². The number of carbonyl (C=O) groups is 3. The average Bonchev–Trinajstić information content (AvgIpc) is 2.84. The highest BCUT2D eigenvalue weighted by molar-refractivity contribution is 8.18. The zero-order valence-corrected chi connectivity index (χ0v) is 14.7. The summed E-state index contributed by atoms with van der Waals surface area (Å²) < 4.78 is 13.2. The lowest BCUT2D eigenvalue weighted by atomic mass is 10.1. The van der Waals surface area contributed by atoms with E-state index in [0.717, 1.165) is 33.9 Å². The normalized spacial score (nSPS) is 15.6. The monoisotopic (exact) mass is 370 g/mol. The van der Waals surface area contributed by atoms with Gasteiger partial charge in [-0.2, -0.15) is 0 Å². The van der Waals surface area contributed by atoms with Crippen molar-refractivity contribution >= 4 is 40.6 Å². The van der Waals surface area contributed by atoms with Crippen LogP contribution < -0.4 is 5.32 Å². The third kappa shape index (κ3) is 4.00. The highest BCUT2D eigenvalue weighted by atomic mass is 32.2. The third-order valence-corrected chi connectivity index (χ3v) is 4.67. The number of nitrogens with zero attached hydrogens (tertiary/aromatic N) is 1. The summed E-state index contributed by atoms with van der Waals surface area (Å²) >= 11 is 0.795. The molecule has 0 bridgehead atoms. The molecular weight excluding hydrogens is 355 g/mol. The number of rotatable bonds is 4. The van der Waals surface area contributed by atoms with E-state index in [9.17, 15) is 18.8 Å². The number of anilines is 1. The highest BCUT2D eigenvalue weighted by Crippen LogP contribution is 2.32. The molecule has 1 heterocycles. The van der Waals surface area contributed by atoms with Crippen LogP contribution in [0, 0.1) is 12.7 Å². The van der Waals surface area contributed by atoms with Crippen molar-refractivity contribution < 1.29 is 18.8 Å². The molecule has 0 spiro atoms. The van der Waals surface area contributed by atoms with Crippen molar-refractivity contribution in [1.29, 1.82) is 0 Å². The molecule has 1 fully saturated rings. The number of aryl methyl sites for hydroxylation is 1. The third-order valence-electron chi connectivity index (χ3n) is 3.76. The maximum atomic E-state index is 13.2. The van der Waals surface area contributed by atoms with Gasteiger partial charge in [0.2, 0.25) is 5.91 Å². The Bertz CT molecular complexity index is 927. The van der Waals surface area contributed by atoms with Crippen LogP contribution in [0.5, 0.6) is 0 Å². The first-order chi connectivity index (χ1) is 12.4. The second-order valence-corrected chi connectivity index (χ2v) is 6.68. The van der Waals surface area contributed by atoms with E-state index in [1.807, 2.05) is 31.2 Å². The fraction of sp³-hybridized carbons (Fsp3) is 0.105. The largest absolute Gasteiger partial charge is 0.324 e. The van der Waals surface area contributed by atoms with Crippen LogP contribution in [0.1, 0.15) is 11.1 Å². The molecule has 5 nitrogen and oxygen atoms in total. The van der Waals surface area contributed by atoms with E-state index in [-0.39, 0.29) is 10.6 Å². The molecule has 0 saturated carbocycles. The summed E-state index contributed by atoms with van der Waals surface area (Å²) in [5.74, 6) is -1.58. The van der Waals surface area contributed by atoms with E-state index in [2.05, 4.69) is 5.32 Å². The van der Waals surface area contributed by atoms with Gasteiger partial charge in [0.25, 0.3) is 11.1 Å². The van der Waals surface area contributed by atoms with Crippen LogP contribution in [0.15, 0.2) is 53.4 Å². The molecule has 1 aliphatic rings. The maximum Gasteiger partial charge on any atom is 0.294 e. The van der Waals surface area contributed by atoms with Crippen LogP contribution in [-0.2, 0) is 9.59 Å². The van der Waals surface area contributed by atoms with Crippen molar-refractivity contribution in [2.24, 2.45) is 0 Å². The summed E-state index contributed by atoms with van der Waals surface area (Å²) in [5, 5.41) is 1.96. The molecule has 132 valence electrons. The minimum Gasteiger partial charge on any atom is -0.324 e. The fourth-order valence-electron chi connectivity index (χ4n) is 2.44. The van der Waals surface area contributed by atoms with Gasteiger partial charge in [-0.3, -0.25) is 19.3 Å². The number of halogens is 1. The number of thioether (sulfide) groups is 1. The van der Waals surface area contributed by atoms with Gasteiger partial charge in [-0.15, -0.1) is 0 Å². The minimum absolute atomic E-state index is 0.262. The Morgan fingerprint density at radius 2 is 1.96 bits per heavy atom.